The number of nitrogens with one attached hydrogen (secondary N) is 1. The summed E-state index contributed by atoms with van der Waals surface area (Å²) in [5.74, 6) is 0.225. The van der Waals surface area contributed by atoms with Crippen molar-refractivity contribution in [2.24, 2.45) is 17.8 Å². The van der Waals surface area contributed by atoms with Gasteiger partial charge in [-0.25, -0.2) is 13.4 Å². The lowest BCUT2D eigenvalue weighted by atomic mass is 10.2. The van der Waals surface area contributed by atoms with E-state index in [0.29, 0.717) is 23.7 Å². The van der Waals surface area contributed by atoms with E-state index < -0.39 is 10.0 Å². The molecule has 0 aliphatic carbocycles. The van der Waals surface area contributed by atoms with E-state index in [9.17, 15) is 13.2 Å². The first kappa shape index (κ1) is 21.8. The summed E-state index contributed by atoms with van der Waals surface area (Å²) in [6.07, 6.45) is 0. The molecule has 0 saturated heterocycles. The minimum Gasteiger partial charge on any atom is -0.302 e. The van der Waals surface area contributed by atoms with Crippen molar-refractivity contribution in [3.8, 4) is 0 Å². The second-order valence-electron chi connectivity index (χ2n) is 7.90. The zero-order valence-electron chi connectivity index (χ0n) is 16.8. The maximum Gasteiger partial charge on any atom is 0.243 e. The molecule has 0 bridgehead atoms. The Balaban J connectivity index is 2.37. The van der Waals surface area contributed by atoms with Crippen LogP contribution >= 0.6 is 11.3 Å². The molecule has 150 valence electrons. The van der Waals surface area contributed by atoms with E-state index >= 15 is 0 Å². The number of nitrogens with zero attached hydrogens (tertiary/aromatic N) is 2. The molecule has 0 aliphatic heterocycles. The molecule has 0 spiro atoms. The fraction of sp³-hybridized carbons (Fsp3) is 0.579. The molecule has 27 heavy (non-hydrogen) atoms. The van der Waals surface area contributed by atoms with Gasteiger partial charge in [0.1, 0.15) is 0 Å². The zero-order chi connectivity index (χ0) is 20.4. The number of rotatable bonds is 8. The van der Waals surface area contributed by atoms with E-state index in [4.69, 9.17) is 0 Å². The summed E-state index contributed by atoms with van der Waals surface area (Å²) in [7, 11) is -3.59. The van der Waals surface area contributed by atoms with Gasteiger partial charge in [-0.15, -0.1) is 0 Å². The van der Waals surface area contributed by atoms with Gasteiger partial charge in [0, 0.05) is 19.0 Å². The third-order valence-corrected chi connectivity index (χ3v) is 6.65. The molecule has 0 aliphatic rings. The second-order valence-corrected chi connectivity index (χ2v) is 10.9. The van der Waals surface area contributed by atoms with Crippen molar-refractivity contribution in [3.05, 3.63) is 18.2 Å². The van der Waals surface area contributed by atoms with Gasteiger partial charge in [-0.2, -0.15) is 4.31 Å². The number of fused-ring (bicyclic) bond motifs is 1. The molecule has 0 fully saturated rings. The number of amides is 1. The molecule has 0 atom stereocenters. The van der Waals surface area contributed by atoms with E-state index in [1.165, 1.54) is 11.3 Å². The lowest BCUT2D eigenvalue weighted by Crippen LogP contribution is -2.37. The summed E-state index contributed by atoms with van der Waals surface area (Å²) in [5.41, 5.74) is 0.678. The summed E-state index contributed by atoms with van der Waals surface area (Å²) in [4.78, 5) is 16.5. The third kappa shape index (κ3) is 5.49. The standard InChI is InChI=1S/C19H29N3O3S2/c1-12(2)10-22(11-13(3)4)27(24,25)15-7-8-16-17(9-15)26-19(20-16)21-18(23)14(5)6/h7-9,12-14H,10-11H2,1-6H3,(H,20,21,23). The predicted molar refractivity (Wildman–Crippen MR) is 112 cm³/mol. The Kier molecular flexibility index (Phi) is 6.99. The van der Waals surface area contributed by atoms with Crippen LogP contribution in [0.15, 0.2) is 23.1 Å². The molecule has 2 aromatic rings. The van der Waals surface area contributed by atoms with Gasteiger partial charge in [-0.3, -0.25) is 4.79 Å². The van der Waals surface area contributed by atoms with Gasteiger partial charge in [0.2, 0.25) is 15.9 Å². The van der Waals surface area contributed by atoms with Crippen LogP contribution in [0.5, 0.6) is 0 Å². The number of carbonyl (C=O) groups excluding carboxylic acids is 1. The van der Waals surface area contributed by atoms with Crippen molar-refractivity contribution >= 4 is 42.6 Å². The number of thiazole rings is 1. The van der Waals surface area contributed by atoms with Crippen molar-refractivity contribution in [1.29, 1.82) is 0 Å². The Morgan fingerprint density at radius 2 is 1.70 bits per heavy atom. The minimum absolute atomic E-state index is 0.109. The van der Waals surface area contributed by atoms with E-state index in [1.807, 2.05) is 41.5 Å². The van der Waals surface area contributed by atoms with E-state index in [0.717, 1.165) is 4.70 Å². The number of carbonyl (C=O) groups is 1. The first-order valence-corrected chi connectivity index (χ1v) is 11.5. The Bertz CT molecular complexity index is 892. The lowest BCUT2D eigenvalue weighted by molar-refractivity contribution is -0.118. The number of hydrogen-bond acceptors (Lipinski definition) is 5. The Morgan fingerprint density at radius 1 is 1.11 bits per heavy atom. The number of sulfonamides is 1. The van der Waals surface area contributed by atoms with Crippen molar-refractivity contribution in [3.63, 3.8) is 0 Å². The molecule has 0 saturated carbocycles. The van der Waals surface area contributed by atoms with Crippen molar-refractivity contribution in [1.82, 2.24) is 9.29 Å². The number of aromatic nitrogens is 1. The Morgan fingerprint density at radius 3 is 2.22 bits per heavy atom. The highest BCUT2D eigenvalue weighted by Crippen LogP contribution is 2.30. The first-order valence-electron chi connectivity index (χ1n) is 9.22. The van der Waals surface area contributed by atoms with Crippen LogP contribution in [0.3, 0.4) is 0 Å². The molecule has 1 heterocycles. The van der Waals surface area contributed by atoms with Crippen LogP contribution in [-0.4, -0.2) is 36.7 Å². The van der Waals surface area contributed by atoms with Gasteiger partial charge in [0.25, 0.3) is 0 Å². The second kappa shape index (κ2) is 8.67. The third-order valence-electron chi connectivity index (χ3n) is 3.89. The summed E-state index contributed by atoms with van der Waals surface area (Å²) in [6.45, 7) is 12.6. The molecule has 0 unspecified atom stereocenters. The number of hydrogen-bond donors (Lipinski definition) is 1. The van der Waals surface area contributed by atoms with Gasteiger partial charge in [-0.1, -0.05) is 52.9 Å². The molecule has 1 amide bonds. The average Bonchev–Trinajstić information content (AvgIpc) is 2.94. The quantitative estimate of drug-likeness (QED) is 0.706. The van der Waals surface area contributed by atoms with Crippen LogP contribution < -0.4 is 5.32 Å². The van der Waals surface area contributed by atoms with E-state index in [-0.39, 0.29) is 28.6 Å². The lowest BCUT2D eigenvalue weighted by Gasteiger charge is -2.25. The van der Waals surface area contributed by atoms with Crippen molar-refractivity contribution in [2.45, 2.75) is 46.4 Å². The van der Waals surface area contributed by atoms with Crippen LogP contribution in [0.1, 0.15) is 41.5 Å². The molecule has 1 aromatic heterocycles. The van der Waals surface area contributed by atoms with Crippen LogP contribution in [0.4, 0.5) is 5.13 Å². The first-order chi connectivity index (χ1) is 12.5. The molecule has 2 rings (SSSR count). The Labute approximate surface area is 166 Å². The highest BCUT2D eigenvalue weighted by atomic mass is 32.2. The molecule has 1 aromatic carbocycles. The van der Waals surface area contributed by atoms with Gasteiger partial charge in [-0.05, 0) is 30.0 Å². The van der Waals surface area contributed by atoms with Crippen LogP contribution in [-0.2, 0) is 14.8 Å². The topological polar surface area (TPSA) is 79.4 Å². The van der Waals surface area contributed by atoms with Gasteiger partial charge >= 0.3 is 0 Å². The summed E-state index contributed by atoms with van der Waals surface area (Å²) in [6, 6.07) is 4.95. The molecule has 8 heteroatoms. The normalized spacial score (nSPS) is 12.7. The molecular weight excluding hydrogens is 382 g/mol. The largest absolute Gasteiger partial charge is 0.302 e. The fourth-order valence-corrected chi connectivity index (χ4v) is 5.38. The van der Waals surface area contributed by atoms with Gasteiger partial charge in [0.05, 0.1) is 15.1 Å². The molecule has 6 nitrogen and oxygen atoms in total. The van der Waals surface area contributed by atoms with Gasteiger partial charge < -0.3 is 5.32 Å². The van der Waals surface area contributed by atoms with Crippen LogP contribution in [0.25, 0.3) is 10.2 Å². The monoisotopic (exact) mass is 411 g/mol. The fourth-order valence-electron chi connectivity index (χ4n) is 2.60. The zero-order valence-corrected chi connectivity index (χ0v) is 18.4. The Hall–Kier alpha value is -1.51. The summed E-state index contributed by atoms with van der Waals surface area (Å²) >= 11 is 1.29. The van der Waals surface area contributed by atoms with Gasteiger partial charge in [0.15, 0.2) is 5.13 Å². The van der Waals surface area contributed by atoms with Crippen molar-refractivity contribution in [2.75, 3.05) is 18.4 Å². The maximum atomic E-state index is 13.2. The minimum atomic E-state index is -3.59. The predicted octanol–water partition coefficient (Wildman–Crippen LogP) is 4.19. The smallest absolute Gasteiger partial charge is 0.243 e. The maximum absolute atomic E-state index is 13.2. The number of benzene rings is 1. The summed E-state index contributed by atoms with van der Waals surface area (Å²) in [5, 5.41) is 3.26. The van der Waals surface area contributed by atoms with Crippen molar-refractivity contribution < 1.29 is 13.2 Å². The molecular formula is C19H29N3O3S2. The average molecular weight is 412 g/mol. The van der Waals surface area contributed by atoms with E-state index in [1.54, 1.807) is 22.5 Å². The van der Waals surface area contributed by atoms with E-state index in [2.05, 4.69) is 10.3 Å². The highest BCUT2D eigenvalue weighted by Gasteiger charge is 2.26. The van der Waals surface area contributed by atoms with Crippen LogP contribution in [0.2, 0.25) is 0 Å². The number of anilines is 1. The van der Waals surface area contributed by atoms with Crippen LogP contribution in [0, 0.1) is 17.8 Å². The molecule has 1 N–H and O–H groups in total. The SMILES string of the molecule is CC(C)CN(CC(C)C)S(=O)(=O)c1ccc2nc(NC(=O)C(C)C)sc2c1. The highest BCUT2D eigenvalue weighted by molar-refractivity contribution is 7.89. The summed E-state index contributed by atoms with van der Waals surface area (Å²) < 4.78 is 28.6. The molecule has 0 radical (unpaired) electrons.